The van der Waals surface area contributed by atoms with Crippen molar-refractivity contribution >= 4 is 27.8 Å². The Balaban J connectivity index is 0.000000200. The Kier molecular flexibility index (Phi) is 6.63. The van der Waals surface area contributed by atoms with E-state index in [1.54, 1.807) is 24.3 Å². The largest absolute Gasteiger partial charge is 0.494 e. The number of hydrogen-bond donors (Lipinski definition) is 2. The Morgan fingerprint density at radius 2 is 1.79 bits per heavy atom. The molecule has 150 valence electrons. The van der Waals surface area contributed by atoms with Crippen molar-refractivity contribution in [3.05, 3.63) is 66.2 Å². The molecule has 0 aliphatic heterocycles. The van der Waals surface area contributed by atoms with E-state index in [9.17, 15) is 4.79 Å². The minimum absolute atomic E-state index is 0.309. The van der Waals surface area contributed by atoms with E-state index in [2.05, 4.69) is 17.2 Å². The van der Waals surface area contributed by atoms with Gasteiger partial charge in [0, 0.05) is 0 Å². The molecule has 0 radical (unpaired) electrons. The van der Waals surface area contributed by atoms with Gasteiger partial charge in [-0.3, -0.25) is 0 Å². The number of carbonyl (C=O) groups is 1. The highest BCUT2D eigenvalue weighted by molar-refractivity contribution is 5.94. The van der Waals surface area contributed by atoms with E-state index in [4.69, 9.17) is 15.1 Å². The minimum atomic E-state index is -0.901. The maximum absolute atomic E-state index is 10.9. The zero-order valence-corrected chi connectivity index (χ0v) is 16.2. The van der Waals surface area contributed by atoms with Gasteiger partial charge in [0.1, 0.15) is 16.8 Å². The lowest BCUT2D eigenvalue weighted by Crippen LogP contribution is -1.97. The van der Waals surface area contributed by atoms with Crippen LogP contribution in [-0.2, 0) is 0 Å². The molecular formula is C22H23N3O4. The summed E-state index contributed by atoms with van der Waals surface area (Å²) in [5.74, 6) is -0.0616. The lowest BCUT2D eigenvalue weighted by molar-refractivity contribution is 0.0697. The van der Waals surface area contributed by atoms with Crippen LogP contribution >= 0.6 is 0 Å². The SMILES string of the molecule is CCCCCOc1ccc2cc(C(=O)O)ccc2c1.On1nnc2ccccc21. The molecule has 7 nitrogen and oxygen atoms in total. The van der Waals surface area contributed by atoms with Crippen molar-refractivity contribution in [3.8, 4) is 5.75 Å². The molecule has 3 aromatic carbocycles. The molecule has 4 rings (SSSR count). The van der Waals surface area contributed by atoms with E-state index in [1.807, 2.05) is 36.4 Å². The van der Waals surface area contributed by atoms with Gasteiger partial charge in [-0.1, -0.05) is 48.9 Å². The fraction of sp³-hybridized carbons (Fsp3) is 0.227. The van der Waals surface area contributed by atoms with Gasteiger partial charge in [-0.2, -0.15) is 0 Å². The summed E-state index contributed by atoms with van der Waals surface area (Å²) in [6.07, 6.45) is 3.42. The first-order chi connectivity index (χ1) is 14.1. The maximum atomic E-state index is 10.9. The topological polar surface area (TPSA) is 97.5 Å². The van der Waals surface area contributed by atoms with Crippen LogP contribution < -0.4 is 4.74 Å². The Morgan fingerprint density at radius 1 is 1.03 bits per heavy atom. The smallest absolute Gasteiger partial charge is 0.335 e. The summed E-state index contributed by atoms with van der Waals surface area (Å²) in [6.45, 7) is 2.89. The van der Waals surface area contributed by atoms with Gasteiger partial charge in [0.25, 0.3) is 0 Å². The van der Waals surface area contributed by atoms with Crippen LogP contribution in [0.1, 0.15) is 36.5 Å². The molecule has 0 unspecified atom stereocenters. The van der Waals surface area contributed by atoms with Crippen LogP contribution in [0.4, 0.5) is 0 Å². The molecule has 0 aliphatic carbocycles. The number of aromatic nitrogens is 3. The third kappa shape index (κ3) is 5.22. The number of nitrogens with zero attached hydrogens (tertiary/aromatic N) is 3. The summed E-state index contributed by atoms with van der Waals surface area (Å²) >= 11 is 0. The van der Waals surface area contributed by atoms with Crippen LogP contribution in [0, 0.1) is 0 Å². The predicted octanol–water partition coefficient (Wildman–Crippen LogP) is 4.78. The van der Waals surface area contributed by atoms with Crippen molar-refractivity contribution in [1.29, 1.82) is 0 Å². The van der Waals surface area contributed by atoms with Crippen molar-refractivity contribution in [2.75, 3.05) is 6.61 Å². The van der Waals surface area contributed by atoms with Gasteiger partial charge >= 0.3 is 5.97 Å². The number of carboxylic acids is 1. The molecule has 0 saturated carbocycles. The van der Waals surface area contributed by atoms with E-state index in [0.29, 0.717) is 16.6 Å². The van der Waals surface area contributed by atoms with E-state index in [-0.39, 0.29) is 0 Å². The fourth-order valence-electron chi connectivity index (χ4n) is 2.85. The van der Waals surface area contributed by atoms with Crippen molar-refractivity contribution in [2.45, 2.75) is 26.2 Å². The lowest BCUT2D eigenvalue weighted by Gasteiger charge is -2.07. The lowest BCUT2D eigenvalue weighted by atomic mass is 10.1. The number of ether oxygens (including phenoxy) is 1. The monoisotopic (exact) mass is 393 g/mol. The number of aromatic carboxylic acids is 1. The third-order valence-electron chi connectivity index (χ3n) is 4.41. The molecule has 7 heteroatoms. The quantitative estimate of drug-likeness (QED) is 0.361. The van der Waals surface area contributed by atoms with Crippen molar-refractivity contribution in [3.63, 3.8) is 0 Å². The number of fused-ring (bicyclic) bond motifs is 2. The number of unbranched alkanes of at least 4 members (excludes halogenated alkanes) is 2. The highest BCUT2D eigenvalue weighted by Gasteiger charge is 2.04. The van der Waals surface area contributed by atoms with Crippen LogP contribution in [0.2, 0.25) is 0 Å². The van der Waals surface area contributed by atoms with E-state index in [1.165, 1.54) is 12.8 Å². The Hall–Kier alpha value is -3.61. The normalized spacial score (nSPS) is 10.5. The molecule has 0 atom stereocenters. The number of hydrogen-bond acceptors (Lipinski definition) is 5. The fourth-order valence-corrected chi connectivity index (χ4v) is 2.85. The second-order valence-corrected chi connectivity index (χ2v) is 6.55. The van der Waals surface area contributed by atoms with E-state index in [0.717, 1.165) is 34.4 Å². The zero-order chi connectivity index (χ0) is 20.6. The van der Waals surface area contributed by atoms with E-state index < -0.39 is 5.97 Å². The first kappa shape index (κ1) is 20.1. The third-order valence-corrected chi connectivity index (χ3v) is 4.41. The second-order valence-electron chi connectivity index (χ2n) is 6.55. The van der Waals surface area contributed by atoms with Crippen LogP contribution in [0.15, 0.2) is 60.7 Å². The molecule has 1 aromatic heterocycles. The van der Waals surface area contributed by atoms with E-state index >= 15 is 0 Å². The van der Waals surface area contributed by atoms with Gasteiger partial charge in [0.2, 0.25) is 0 Å². The van der Waals surface area contributed by atoms with Crippen LogP contribution in [0.25, 0.3) is 21.8 Å². The summed E-state index contributed by atoms with van der Waals surface area (Å²) < 4.78 is 5.68. The number of benzene rings is 3. The van der Waals surface area contributed by atoms with Crippen molar-refractivity contribution < 1.29 is 19.8 Å². The van der Waals surface area contributed by atoms with Crippen LogP contribution in [-0.4, -0.2) is 38.0 Å². The van der Waals surface area contributed by atoms with Gasteiger partial charge in [0.05, 0.1) is 12.2 Å². The Labute approximate surface area is 168 Å². The molecule has 0 aliphatic rings. The van der Waals surface area contributed by atoms with Gasteiger partial charge in [-0.15, -0.1) is 5.10 Å². The molecule has 2 N–H and O–H groups in total. The Bertz CT molecular complexity index is 1110. The summed E-state index contributed by atoms with van der Waals surface area (Å²) in [6, 6.07) is 18.0. The molecule has 0 fully saturated rings. The van der Waals surface area contributed by atoms with Crippen LogP contribution in [0.3, 0.4) is 0 Å². The standard InChI is InChI=1S/C16H18O3.C6H5N3O/c1-2-3-4-9-19-15-8-7-12-10-14(16(17)18)6-5-13(12)11-15;10-9-6-4-2-1-3-5(6)7-8-9/h5-8,10-11H,2-4,9H2,1H3,(H,17,18);1-4,10H. The summed E-state index contributed by atoms with van der Waals surface area (Å²) in [4.78, 5) is 11.6. The predicted molar refractivity (Wildman–Crippen MR) is 111 cm³/mol. The average molecular weight is 393 g/mol. The summed E-state index contributed by atoms with van der Waals surface area (Å²) in [5, 5.41) is 26.9. The molecule has 0 amide bonds. The molecular weight excluding hydrogens is 370 g/mol. The molecule has 0 bridgehead atoms. The highest BCUT2D eigenvalue weighted by atomic mass is 16.5. The number of para-hydroxylation sites is 1. The van der Waals surface area contributed by atoms with Gasteiger partial charge in [-0.25, -0.2) is 4.79 Å². The highest BCUT2D eigenvalue weighted by Crippen LogP contribution is 2.22. The van der Waals surface area contributed by atoms with Gasteiger partial charge in [0.15, 0.2) is 0 Å². The Morgan fingerprint density at radius 3 is 2.55 bits per heavy atom. The average Bonchev–Trinajstić information content (AvgIpc) is 3.12. The van der Waals surface area contributed by atoms with Gasteiger partial charge in [-0.05, 0) is 58.8 Å². The summed E-state index contributed by atoms with van der Waals surface area (Å²) in [5.41, 5.74) is 1.64. The zero-order valence-electron chi connectivity index (χ0n) is 16.2. The maximum Gasteiger partial charge on any atom is 0.335 e. The molecule has 0 saturated heterocycles. The van der Waals surface area contributed by atoms with Crippen molar-refractivity contribution in [2.24, 2.45) is 0 Å². The first-order valence-corrected chi connectivity index (χ1v) is 9.48. The molecule has 4 aromatic rings. The minimum Gasteiger partial charge on any atom is -0.494 e. The van der Waals surface area contributed by atoms with Crippen molar-refractivity contribution in [1.82, 2.24) is 15.2 Å². The first-order valence-electron chi connectivity index (χ1n) is 9.48. The molecule has 29 heavy (non-hydrogen) atoms. The molecule has 1 heterocycles. The molecule has 0 spiro atoms. The summed E-state index contributed by atoms with van der Waals surface area (Å²) in [7, 11) is 0. The number of carboxylic acid groups (broad SMARTS) is 1. The second kappa shape index (κ2) is 9.54. The van der Waals surface area contributed by atoms with Crippen LogP contribution in [0.5, 0.6) is 5.75 Å². The number of rotatable bonds is 6. The van der Waals surface area contributed by atoms with Gasteiger partial charge < -0.3 is 15.1 Å².